The third kappa shape index (κ3) is 1.78. The summed E-state index contributed by atoms with van der Waals surface area (Å²) in [5.41, 5.74) is 3.26. The van der Waals surface area contributed by atoms with Gasteiger partial charge in [0.05, 0.1) is 12.7 Å². The Hall–Kier alpha value is -1.55. The zero-order valence-electron chi connectivity index (χ0n) is 7.59. The number of benzene rings is 1. The molecule has 0 aliphatic carbocycles. The summed E-state index contributed by atoms with van der Waals surface area (Å²) in [7, 11) is 1.53. The number of nitrogens with one attached hydrogen (secondary N) is 2. The number of rotatable bonds is 2. The first-order valence-corrected chi connectivity index (χ1v) is 3.83. The number of ether oxygens (including phenoxy) is 1. The zero-order valence-corrected chi connectivity index (χ0v) is 7.59. The van der Waals surface area contributed by atoms with Crippen LogP contribution in [0.15, 0.2) is 18.2 Å². The highest BCUT2D eigenvalue weighted by Gasteiger charge is 2.09. The fourth-order valence-electron chi connectivity index (χ4n) is 1.19. The van der Waals surface area contributed by atoms with Gasteiger partial charge in [0.1, 0.15) is 5.75 Å². The highest BCUT2D eigenvalue weighted by molar-refractivity contribution is 5.99. The van der Waals surface area contributed by atoms with Crippen LogP contribution in [0.3, 0.4) is 0 Å². The number of hydrogen-bond acceptors (Lipinski definition) is 3. The lowest BCUT2D eigenvalue weighted by Crippen LogP contribution is -2.20. The Kier molecular flexibility index (Phi) is 2.87. The fourth-order valence-corrected chi connectivity index (χ4v) is 1.19. The second-order valence-corrected chi connectivity index (χ2v) is 2.64. The van der Waals surface area contributed by atoms with Crippen molar-refractivity contribution < 1.29 is 9.94 Å². The third-order valence-electron chi connectivity index (χ3n) is 1.82. The van der Waals surface area contributed by atoms with Crippen LogP contribution in [0, 0.1) is 12.3 Å². The molecule has 0 amide bonds. The quantitative estimate of drug-likeness (QED) is 0.365. The molecule has 0 bridgehead atoms. The van der Waals surface area contributed by atoms with Gasteiger partial charge in [-0.15, -0.1) is 0 Å². The van der Waals surface area contributed by atoms with Crippen LogP contribution in [-0.4, -0.2) is 18.2 Å². The van der Waals surface area contributed by atoms with Gasteiger partial charge in [-0.3, -0.25) is 16.1 Å². The number of hydroxylamine groups is 1. The van der Waals surface area contributed by atoms with E-state index >= 15 is 0 Å². The molecule has 0 radical (unpaired) electrons. The lowest BCUT2D eigenvalue weighted by atomic mass is 10.1. The molecule has 0 saturated carbocycles. The van der Waals surface area contributed by atoms with E-state index in [1.165, 1.54) is 7.11 Å². The molecule has 13 heavy (non-hydrogen) atoms. The van der Waals surface area contributed by atoms with Crippen molar-refractivity contribution in [3.05, 3.63) is 29.3 Å². The second kappa shape index (κ2) is 3.91. The minimum atomic E-state index is -0.0602. The molecule has 1 rings (SSSR count). The largest absolute Gasteiger partial charge is 0.496 e. The van der Waals surface area contributed by atoms with Crippen LogP contribution in [0.5, 0.6) is 5.75 Å². The first-order chi connectivity index (χ1) is 6.20. The van der Waals surface area contributed by atoms with Crippen LogP contribution < -0.4 is 10.2 Å². The van der Waals surface area contributed by atoms with Gasteiger partial charge in [0.25, 0.3) is 0 Å². The molecule has 0 saturated heterocycles. The summed E-state index contributed by atoms with van der Waals surface area (Å²) in [4.78, 5) is 0. The van der Waals surface area contributed by atoms with Crippen LogP contribution in [0.25, 0.3) is 0 Å². The number of amidine groups is 1. The summed E-state index contributed by atoms with van der Waals surface area (Å²) in [6.45, 7) is 1.85. The summed E-state index contributed by atoms with van der Waals surface area (Å²) < 4.78 is 5.06. The molecule has 0 aromatic heterocycles. The Balaban J connectivity index is 3.22. The Morgan fingerprint density at radius 1 is 1.54 bits per heavy atom. The van der Waals surface area contributed by atoms with Crippen LogP contribution in [-0.2, 0) is 0 Å². The van der Waals surface area contributed by atoms with E-state index in [1.54, 1.807) is 11.5 Å². The summed E-state index contributed by atoms with van der Waals surface area (Å²) >= 11 is 0. The lowest BCUT2D eigenvalue weighted by Gasteiger charge is -2.10. The zero-order chi connectivity index (χ0) is 9.84. The average Bonchev–Trinajstić information content (AvgIpc) is 2.16. The van der Waals surface area contributed by atoms with Gasteiger partial charge in [-0.05, 0) is 18.6 Å². The number of methoxy groups -OCH3 is 1. The van der Waals surface area contributed by atoms with Crippen LogP contribution >= 0.6 is 0 Å². The normalized spacial score (nSPS) is 9.46. The molecule has 0 aliphatic rings. The van der Waals surface area contributed by atoms with E-state index in [2.05, 4.69) is 0 Å². The third-order valence-corrected chi connectivity index (χ3v) is 1.82. The highest BCUT2D eigenvalue weighted by Crippen LogP contribution is 2.20. The Labute approximate surface area is 76.6 Å². The van der Waals surface area contributed by atoms with Gasteiger partial charge in [-0.2, -0.15) is 0 Å². The smallest absolute Gasteiger partial charge is 0.153 e. The monoisotopic (exact) mass is 180 g/mol. The van der Waals surface area contributed by atoms with Crippen molar-refractivity contribution in [1.82, 2.24) is 5.48 Å². The van der Waals surface area contributed by atoms with Crippen LogP contribution in [0.1, 0.15) is 11.1 Å². The van der Waals surface area contributed by atoms with E-state index in [0.717, 1.165) is 5.56 Å². The van der Waals surface area contributed by atoms with E-state index in [1.807, 2.05) is 19.1 Å². The molecule has 3 N–H and O–H groups in total. The summed E-state index contributed by atoms with van der Waals surface area (Å²) in [6, 6.07) is 5.43. The molecule has 0 fully saturated rings. The Morgan fingerprint density at radius 3 is 2.77 bits per heavy atom. The van der Waals surface area contributed by atoms with Gasteiger partial charge in [0.2, 0.25) is 0 Å². The molecule has 0 unspecified atom stereocenters. The molecule has 0 heterocycles. The van der Waals surface area contributed by atoms with Crippen molar-refractivity contribution >= 4 is 5.84 Å². The maximum Gasteiger partial charge on any atom is 0.153 e. The number of hydrogen-bond donors (Lipinski definition) is 3. The van der Waals surface area contributed by atoms with E-state index in [9.17, 15) is 0 Å². The van der Waals surface area contributed by atoms with Gasteiger partial charge < -0.3 is 4.74 Å². The second-order valence-electron chi connectivity index (χ2n) is 2.64. The van der Waals surface area contributed by atoms with E-state index in [0.29, 0.717) is 11.3 Å². The van der Waals surface area contributed by atoms with Crippen molar-refractivity contribution in [2.45, 2.75) is 6.92 Å². The summed E-state index contributed by atoms with van der Waals surface area (Å²) in [5.74, 6) is 0.515. The van der Waals surface area contributed by atoms with E-state index in [-0.39, 0.29) is 5.84 Å². The maximum absolute atomic E-state index is 8.60. The van der Waals surface area contributed by atoms with Crippen molar-refractivity contribution in [3.8, 4) is 5.75 Å². The van der Waals surface area contributed by atoms with Gasteiger partial charge in [-0.1, -0.05) is 12.1 Å². The molecule has 0 spiro atoms. The lowest BCUT2D eigenvalue weighted by molar-refractivity contribution is 0.233. The van der Waals surface area contributed by atoms with E-state index in [4.69, 9.17) is 15.4 Å². The van der Waals surface area contributed by atoms with Crippen molar-refractivity contribution in [2.24, 2.45) is 0 Å². The minimum absolute atomic E-state index is 0.0602. The molecule has 0 aliphatic heterocycles. The summed E-state index contributed by atoms with van der Waals surface area (Å²) in [6.07, 6.45) is 0. The maximum atomic E-state index is 8.60. The first-order valence-electron chi connectivity index (χ1n) is 3.83. The Bertz CT molecular complexity index is 323. The molecule has 4 nitrogen and oxygen atoms in total. The molecule has 1 aromatic carbocycles. The minimum Gasteiger partial charge on any atom is -0.496 e. The SMILES string of the molecule is COc1cccc(C)c1C(=N)NO. The van der Waals surface area contributed by atoms with E-state index < -0.39 is 0 Å². The van der Waals surface area contributed by atoms with Gasteiger partial charge >= 0.3 is 0 Å². The number of aryl methyl sites for hydroxylation is 1. The molecule has 70 valence electrons. The predicted octanol–water partition coefficient (Wildman–Crippen LogP) is 1.31. The molecule has 1 aromatic rings. The topological polar surface area (TPSA) is 65.3 Å². The van der Waals surface area contributed by atoms with Gasteiger partial charge in [0.15, 0.2) is 5.84 Å². The van der Waals surface area contributed by atoms with Gasteiger partial charge in [-0.25, -0.2) is 0 Å². The molecule has 4 heteroatoms. The molecular formula is C9H12N2O2. The average molecular weight is 180 g/mol. The summed E-state index contributed by atoms with van der Waals surface area (Å²) in [5, 5.41) is 16.0. The molecular weight excluding hydrogens is 168 g/mol. The first kappa shape index (κ1) is 9.54. The van der Waals surface area contributed by atoms with Crippen molar-refractivity contribution in [1.29, 1.82) is 5.41 Å². The van der Waals surface area contributed by atoms with Gasteiger partial charge in [0, 0.05) is 0 Å². The Morgan fingerprint density at radius 2 is 2.23 bits per heavy atom. The van der Waals surface area contributed by atoms with Crippen LogP contribution in [0.2, 0.25) is 0 Å². The van der Waals surface area contributed by atoms with Crippen molar-refractivity contribution in [3.63, 3.8) is 0 Å². The fraction of sp³-hybridized carbons (Fsp3) is 0.222. The van der Waals surface area contributed by atoms with Crippen LogP contribution in [0.4, 0.5) is 0 Å². The predicted molar refractivity (Wildman–Crippen MR) is 49.5 cm³/mol. The molecule has 0 atom stereocenters. The van der Waals surface area contributed by atoms with Crippen molar-refractivity contribution in [2.75, 3.05) is 7.11 Å². The highest BCUT2D eigenvalue weighted by atomic mass is 16.5. The standard InChI is InChI=1S/C9H12N2O2/c1-6-4-3-5-7(13-2)8(6)9(10)11-12/h3-5,12H,1-2H3,(H2,10,11).